The lowest BCUT2D eigenvalue weighted by Gasteiger charge is -2.33. The number of benzene rings is 1. The van der Waals surface area contributed by atoms with E-state index in [0.29, 0.717) is 18.1 Å². The summed E-state index contributed by atoms with van der Waals surface area (Å²) in [5, 5.41) is 0. The van der Waals surface area contributed by atoms with Gasteiger partial charge in [0.1, 0.15) is 5.76 Å². The van der Waals surface area contributed by atoms with Gasteiger partial charge in [-0.3, -0.25) is 0 Å². The number of sulfonamides is 1. The molecule has 2 aliphatic rings. The van der Waals surface area contributed by atoms with Gasteiger partial charge < -0.3 is 4.74 Å². The van der Waals surface area contributed by atoms with E-state index in [0.717, 1.165) is 12.0 Å². The van der Waals surface area contributed by atoms with Crippen LogP contribution in [0.4, 0.5) is 0 Å². The molecule has 1 aliphatic heterocycles. The van der Waals surface area contributed by atoms with Gasteiger partial charge in [-0.25, -0.2) is 12.7 Å². The van der Waals surface area contributed by atoms with Crippen LogP contribution in [0.3, 0.4) is 0 Å². The van der Waals surface area contributed by atoms with Crippen LogP contribution < -0.4 is 0 Å². The summed E-state index contributed by atoms with van der Waals surface area (Å²) < 4.78 is 31.9. The van der Waals surface area contributed by atoms with E-state index in [1.807, 2.05) is 30.3 Å². The van der Waals surface area contributed by atoms with Crippen LogP contribution in [-0.2, 0) is 14.8 Å². The van der Waals surface area contributed by atoms with E-state index in [2.05, 4.69) is 26.8 Å². The van der Waals surface area contributed by atoms with Crippen LogP contribution in [0.25, 0.3) is 5.76 Å². The van der Waals surface area contributed by atoms with Crippen LogP contribution in [0.15, 0.2) is 48.2 Å². The predicted molar refractivity (Wildman–Crippen MR) is 96.2 cm³/mol. The lowest BCUT2D eigenvalue weighted by atomic mass is 9.76. The third-order valence-corrected chi connectivity index (χ3v) is 6.57. The predicted octanol–water partition coefficient (Wildman–Crippen LogP) is 3.99. The molecule has 3 rings (SSSR count). The maximum Gasteiger partial charge on any atom is 0.234 e. The molecule has 1 aromatic rings. The third kappa shape index (κ3) is 3.09. The number of rotatable bonds is 4. The van der Waals surface area contributed by atoms with Crippen molar-refractivity contribution in [3.8, 4) is 0 Å². The average Bonchev–Trinajstić information content (AvgIpc) is 3.05. The molecule has 4 nitrogen and oxygen atoms in total. The fourth-order valence-electron chi connectivity index (χ4n) is 3.47. The first kappa shape index (κ1) is 17.1. The molecule has 0 aromatic heterocycles. The molecule has 0 saturated heterocycles. The first-order chi connectivity index (χ1) is 11.2. The molecular formula is C19H25NO3S. The molecule has 0 saturated carbocycles. The molecule has 130 valence electrons. The van der Waals surface area contributed by atoms with Gasteiger partial charge in [0.2, 0.25) is 10.0 Å². The second-order valence-electron chi connectivity index (χ2n) is 7.30. The van der Waals surface area contributed by atoms with Crippen molar-refractivity contribution in [1.82, 2.24) is 4.31 Å². The van der Waals surface area contributed by atoms with Crippen molar-refractivity contribution in [3.63, 3.8) is 0 Å². The lowest BCUT2D eigenvalue weighted by Crippen LogP contribution is -2.36. The van der Waals surface area contributed by atoms with E-state index in [-0.39, 0.29) is 5.41 Å². The molecule has 24 heavy (non-hydrogen) atoms. The summed E-state index contributed by atoms with van der Waals surface area (Å²) in [7, 11) is -3.37. The maximum atomic E-state index is 12.2. The largest absolute Gasteiger partial charge is 0.467 e. The van der Waals surface area contributed by atoms with Gasteiger partial charge in [0.05, 0.1) is 12.5 Å². The van der Waals surface area contributed by atoms with Gasteiger partial charge >= 0.3 is 0 Å². The number of allylic oxidation sites excluding steroid dienone is 2. The topological polar surface area (TPSA) is 46.6 Å². The number of hydrogen-bond acceptors (Lipinski definition) is 3. The first-order valence-corrected chi connectivity index (χ1v) is 10.1. The minimum Gasteiger partial charge on any atom is -0.467 e. The highest BCUT2D eigenvalue weighted by atomic mass is 32.2. The zero-order valence-corrected chi connectivity index (χ0v) is 15.5. The zero-order chi connectivity index (χ0) is 17.5. The summed E-state index contributed by atoms with van der Waals surface area (Å²) in [6.07, 6.45) is 6.29. The molecule has 1 aliphatic carbocycles. The molecule has 0 unspecified atom stereocenters. The van der Waals surface area contributed by atoms with Crippen molar-refractivity contribution in [2.24, 2.45) is 11.3 Å². The van der Waals surface area contributed by atoms with Crippen molar-refractivity contribution in [1.29, 1.82) is 0 Å². The van der Waals surface area contributed by atoms with Gasteiger partial charge in [-0.1, -0.05) is 55.8 Å². The maximum absolute atomic E-state index is 12.2. The third-order valence-electron chi connectivity index (χ3n) is 5.46. The molecule has 0 bridgehead atoms. The number of nitrogens with zero attached hydrogens (tertiary/aromatic N) is 1. The van der Waals surface area contributed by atoms with Crippen molar-refractivity contribution in [2.45, 2.75) is 39.8 Å². The fourth-order valence-corrected chi connectivity index (χ4v) is 4.31. The van der Waals surface area contributed by atoms with Gasteiger partial charge in [-0.05, 0) is 24.7 Å². The lowest BCUT2D eigenvalue weighted by molar-refractivity contribution is 0.0717. The van der Waals surface area contributed by atoms with E-state index in [1.165, 1.54) is 16.1 Å². The van der Waals surface area contributed by atoms with Crippen molar-refractivity contribution in [3.05, 3.63) is 53.7 Å². The van der Waals surface area contributed by atoms with Crippen molar-refractivity contribution < 1.29 is 13.2 Å². The molecule has 1 aromatic carbocycles. The van der Waals surface area contributed by atoms with Crippen LogP contribution in [0.1, 0.15) is 39.2 Å². The van der Waals surface area contributed by atoms with E-state index in [9.17, 15) is 8.42 Å². The Morgan fingerprint density at radius 1 is 1.25 bits per heavy atom. The SMILES string of the molecule is CC1=CC[C@H](C[C@H]2OC(c3ccccc3)=CN2S(C)(=O)=O)C1(C)C. The Hall–Kier alpha value is -1.75. The van der Waals surface area contributed by atoms with E-state index < -0.39 is 16.3 Å². The van der Waals surface area contributed by atoms with Crippen LogP contribution in [0.2, 0.25) is 0 Å². The molecule has 0 N–H and O–H groups in total. The Bertz CT molecular complexity index is 778. The highest BCUT2D eigenvalue weighted by Gasteiger charge is 2.41. The van der Waals surface area contributed by atoms with Crippen LogP contribution >= 0.6 is 0 Å². The van der Waals surface area contributed by atoms with E-state index >= 15 is 0 Å². The molecule has 0 amide bonds. The van der Waals surface area contributed by atoms with Crippen LogP contribution in [0.5, 0.6) is 0 Å². The van der Waals surface area contributed by atoms with E-state index in [1.54, 1.807) is 6.20 Å². The Morgan fingerprint density at radius 2 is 1.92 bits per heavy atom. The molecular weight excluding hydrogens is 322 g/mol. The van der Waals surface area contributed by atoms with Crippen LogP contribution in [0, 0.1) is 11.3 Å². The molecule has 1 heterocycles. The number of hydrogen-bond donors (Lipinski definition) is 0. The quantitative estimate of drug-likeness (QED) is 0.774. The normalized spacial score (nSPS) is 26.1. The standard InChI is InChI=1S/C19H25NO3S/c1-14-10-11-16(19(14,2)3)12-18-20(24(4,21)22)13-17(23-18)15-8-6-5-7-9-15/h5-10,13,16,18H,11-12H2,1-4H3/t16-,18-/m1/s1. The Labute approximate surface area is 144 Å². The Kier molecular flexibility index (Phi) is 4.24. The van der Waals surface area contributed by atoms with Gasteiger partial charge in [0.15, 0.2) is 6.23 Å². The molecule has 0 radical (unpaired) electrons. The van der Waals surface area contributed by atoms with Gasteiger partial charge in [-0.15, -0.1) is 0 Å². The summed E-state index contributed by atoms with van der Waals surface area (Å²) in [5.74, 6) is 0.988. The molecule has 5 heteroatoms. The highest BCUT2D eigenvalue weighted by Crippen LogP contribution is 2.46. The second-order valence-corrected chi connectivity index (χ2v) is 9.19. The highest BCUT2D eigenvalue weighted by molar-refractivity contribution is 7.88. The molecule has 0 fully saturated rings. The van der Waals surface area contributed by atoms with Crippen LogP contribution in [-0.4, -0.2) is 25.2 Å². The van der Waals surface area contributed by atoms with Gasteiger partial charge in [0, 0.05) is 12.0 Å². The molecule has 0 spiro atoms. The monoisotopic (exact) mass is 347 g/mol. The minimum absolute atomic E-state index is 0.0715. The Morgan fingerprint density at radius 3 is 2.46 bits per heavy atom. The summed E-state index contributed by atoms with van der Waals surface area (Å²) in [6.45, 7) is 6.60. The fraction of sp³-hybridized carbons (Fsp3) is 0.474. The van der Waals surface area contributed by atoms with Crippen molar-refractivity contribution in [2.75, 3.05) is 6.26 Å². The summed E-state index contributed by atoms with van der Waals surface area (Å²) in [4.78, 5) is 0. The average molecular weight is 347 g/mol. The smallest absolute Gasteiger partial charge is 0.234 e. The summed E-state index contributed by atoms with van der Waals surface area (Å²) in [6, 6.07) is 9.64. The molecule has 2 atom stereocenters. The summed E-state index contributed by atoms with van der Waals surface area (Å²) in [5.41, 5.74) is 2.34. The minimum atomic E-state index is -3.37. The van der Waals surface area contributed by atoms with Gasteiger partial charge in [-0.2, -0.15) is 0 Å². The zero-order valence-electron chi connectivity index (χ0n) is 14.7. The summed E-state index contributed by atoms with van der Waals surface area (Å²) >= 11 is 0. The Balaban J connectivity index is 1.84. The second kappa shape index (κ2) is 5.96. The van der Waals surface area contributed by atoms with Crippen molar-refractivity contribution >= 4 is 15.8 Å². The number of ether oxygens (including phenoxy) is 1. The van der Waals surface area contributed by atoms with E-state index in [4.69, 9.17) is 4.74 Å². The van der Waals surface area contributed by atoms with Gasteiger partial charge in [0.25, 0.3) is 0 Å². The first-order valence-electron chi connectivity index (χ1n) is 8.29.